The molecular weight excluding hydrogens is 236 g/mol. The zero-order valence-electron chi connectivity index (χ0n) is 11.9. The molecule has 0 bridgehead atoms. The van der Waals surface area contributed by atoms with Crippen molar-refractivity contribution < 1.29 is 4.74 Å². The quantitative estimate of drug-likeness (QED) is 0.895. The van der Waals surface area contributed by atoms with Crippen molar-refractivity contribution in [1.29, 1.82) is 0 Å². The first-order chi connectivity index (χ1) is 8.97. The molecule has 0 unspecified atom stereocenters. The summed E-state index contributed by atoms with van der Waals surface area (Å²) in [7, 11) is 0. The maximum Gasteiger partial charge on any atom is 0.222 e. The van der Waals surface area contributed by atoms with Crippen LogP contribution in [0.15, 0.2) is 30.5 Å². The van der Waals surface area contributed by atoms with Crippen LogP contribution in [0.5, 0.6) is 11.6 Å². The average Bonchev–Trinajstić information content (AvgIpc) is 2.32. The third-order valence-electron chi connectivity index (χ3n) is 3.05. The van der Waals surface area contributed by atoms with Crippen molar-refractivity contribution in [3.8, 4) is 11.6 Å². The molecule has 3 heteroatoms. The lowest BCUT2D eigenvalue weighted by atomic mass is 10.0. The van der Waals surface area contributed by atoms with Crippen LogP contribution >= 0.6 is 0 Å². The summed E-state index contributed by atoms with van der Waals surface area (Å²) in [5.41, 5.74) is 9.65. The Kier molecular flexibility index (Phi) is 3.74. The van der Waals surface area contributed by atoms with Gasteiger partial charge in [0.1, 0.15) is 5.75 Å². The second-order valence-corrected chi connectivity index (χ2v) is 5.19. The molecule has 2 N–H and O–H groups in total. The van der Waals surface area contributed by atoms with Crippen molar-refractivity contribution in [2.75, 3.05) is 5.73 Å². The molecule has 0 spiro atoms. The number of nitrogen functional groups attached to an aromatic ring is 1. The topological polar surface area (TPSA) is 48.1 Å². The minimum Gasteiger partial charge on any atom is -0.438 e. The number of nitrogens with two attached hydrogens (primary N) is 1. The smallest absolute Gasteiger partial charge is 0.222 e. The number of pyridine rings is 1. The van der Waals surface area contributed by atoms with Crippen LogP contribution < -0.4 is 10.5 Å². The summed E-state index contributed by atoms with van der Waals surface area (Å²) < 4.78 is 5.97. The van der Waals surface area contributed by atoms with Crippen molar-refractivity contribution in [3.05, 3.63) is 47.2 Å². The number of rotatable bonds is 3. The average molecular weight is 256 g/mol. The molecule has 1 aromatic carbocycles. The molecular formula is C16H20N2O. The molecule has 0 aliphatic rings. The van der Waals surface area contributed by atoms with Gasteiger partial charge < -0.3 is 10.5 Å². The van der Waals surface area contributed by atoms with Crippen LogP contribution in [0.25, 0.3) is 0 Å². The lowest BCUT2D eigenvalue weighted by molar-refractivity contribution is 0.450. The highest BCUT2D eigenvalue weighted by Crippen LogP contribution is 2.32. The number of aromatic nitrogens is 1. The van der Waals surface area contributed by atoms with Gasteiger partial charge in [-0.1, -0.05) is 26.0 Å². The van der Waals surface area contributed by atoms with Crippen LogP contribution in [0.2, 0.25) is 0 Å². The van der Waals surface area contributed by atoms with Crippen molar-refractivity contribution in [2.45, 2.75) is 33.6 Å². The van der Waals surface area contributed by atoms with Gasteiger partial charge in [0.15, 0.2) is 0 Å². The lowest BCUT2D eigenvalue weighted by Crippen LogP contribution is -1.98. The maximum absolute atomic E-state index is 5.97. The van der Waals surface area contributed by atoms with Crippen molar-refractivity contribution in [3.63, 3.8) is 0 Å². The molecule has 0 aliphatic heterocycles. The van der Waals surface area contributed by atoms with Gasteiger partial charge in [-0.15, -0.1) is 0 Å². The molecule has 100 valence electrons. The molecule has 1 aromatic heterocycles. The van der Waals surface area contributed by atoms with E-state index in [-0.39, 0.29) is 0 Å². The van der Waals surface area contributed by atoms with Gasteiger partial charge in [-0.3, -0.25) is 0 Å². The molecule has 0 atom stereocenters. The fraction of sp³-hybridized carbons (Fsp3) is 0.312. The molecule has 0 radical (unpaired) electrons. The first kappa shape index (κ1) is 13.4. The molecule has 2 rings (SSSR count). The first-order valence-electron chi connectivity index (χ1n) is 6.48. The monoisotopic (exact) mass is 256 g/mol. The fourth-order valence-corrected chi connectivity index (χ4v) is 2.00. The molecule has 0 saturated carbocycles. The summed E-state index contributed by atoms with van der Waals surface area (Å²) in [5.74, 6) is 1.89. The number of aryl methyl sites for hydroxylation is 2. The molecule has 3 nitrogen and oxygen atoms in total. The summed E-state index contributed by atoms with van der Waals surface area (Å²) in [4.78, 5) is 4.26. The third-order valence-corrected chi connectivity index (χ3v) is 3.05. The highest BCUT2D eigenvalue weighted by Gasteiger charge is 2.11. The molecule has 0 fully saturated rings. The normalized spacial score (nSPS) is 10.8. The van der Waals surface area contributed by atoms with Gasteiger partial charge in [0.2, 0.25) is 5.88 Å². The standard InChI is InChI=1S/C16H20N2O/c1-10(2)14-6-5-11(3)7-15(14)19-16-12(4)8-13(17)9-18-16/h5-10H,17H2,1-4H3. The highest BCUT2D eigenvalue weighted by molar-refractivity contribution is 5.45. The van der Waals surface area contributed by atoms with Crippen LogP contribution in [0.4, 0.5) is 5.69 Å². The summed E-state index contributed by atoms with van der Waals surface area (Å²) >= 11 is 0. The Bertz CT molecular complexity index is 591. The van der Waals surface area contributed by atoms with Gasteiger partial charge in [0, 0.05) is 5.56 Å². The second kappa shape index (κ2) is 5.31. The third kappa shape index (κ3) is 3.05. The van der Waals surface area contributed by atoms with E-state index in [1.54, 1.807) is 6.20 Å². The number of nitrogens with zero attached hydrogens (tertiary/aromatic N) is 1. The fourth-order valence-electron chi connectivity index (χ4n) is 2.00. The van der Waals surface area contributed by atoms with E-state index in [1.807, 2.05) is 19.1 Å². The lowest BCUT2D eigenvalue weighted by Gasteiger charge is -2.15. The van der Waals surface area contributed by atoms with E-state index in [4.69, 9.17) is 10.5 Å². The maximum atomic E-state index is 5.97. The van der Waals surface area contributed by atoms with Crippen LogP contribution in [-0.2, 0) is 0 Å². The van der Waals surface area contributed by atoms with E-state index in [0.717, 1.165) is 11.3 Å². The first-order valence-corrected chi connectivity index (χ1v) is 6.48. The molecule has 1 heterocycles. The van der Waals surface area contributed by atoms with Gasteiger partial charge in [0.25, 0.3) is 0 Å². The Hall–Kier alpha value is -2.03. The molecule has 0 amide bonds. The summed E-state index contributed by atoms with van der Waals surface area (Å²) in [5, 5.41) is 0. The van der Waals surface area contributed by atoms with E-state index in [9.17, 15) is 0 Å². The van der Waals surface area contributed by atoms with Crippen molar-refractivity contribution in [2.24, 2.45) is 0 Å². The molecule has 2 aromatic rings. The predicted octanol–water partition coefficient (Wildman–Crippen LogP) is 4.20. The Morgan fingerprint density at radius 3 is 2.53 bits per heavy atom. The Morgan fingerprint density at radius 1 is 1.16 bits per heavy atom. The second-order valence-electron chi connectivity index (χ2n) is 5.19. The van der Waals surface area contributed by atoms with Crippen LogP contribution in [0.1, 0.15) is 36.5 Å². The molecule has 0 saturated heterocycles. The zero-order valence-corrected chi connectivity index (χ0v) is 11.9. The van der Waals surface area contributed by atoms with Gasteiger partial charge in [0.05, 0.1) is 11.9 Å². The number of ether oxygens (including phenoxy) is 1. The minimum absolute atomic E-state index is 0.407. The van der Waals surface area contributed by atoms with Gasteiger partial charge in [-0.25, -0.2) is 4.98 Å². The SMILES string of the molecule is Cc1ccc(C(C)C)c(Oc2ncc(N)cc2C)c1. The number of hydrogen-bond donors (Lipinski definition) is 1. The van der Waals surface area contributed by atoms with Crippen LogP contribution in [-0.4, -0.2) is 4.98 Å². The highest BCUT2D eigenvalue weighted by atomic mass is 16.5. The Balaban J connectivity index is 2.39. The summed E-state index contributed by atoms with van der Waals surface area (Å²) in [6.07, 6.45) is 1.62. The summed E-state index contributed by atoms with van der Waals surface area (Å²) in [6, 6.07) is 8.13. The Labute approximate surface area is 114 Å². The van der Waals surface area contributed by atoms with Crippen LogP contribution in [0.3, 0.4) is 0 Å². The van der Waals surface area contributed by atoms with Crippen molar-refractivity contribution >= 4 is 5.69 Å². The number of hydrogen-bond acceptors (Lipinski definition) is 3. The minimum atomic E-state index is 0.407. The zero-order chi connectivity index (χ0) is 14.0. The van der Waals surface area contributed by atoms with E-state index in [2.05, 4.69) is 37.9 Å². The van der Waals surface area contributed by atoms with Crippen LogP contribution in [0, 0.1) is 13.8 Å². The van der Waals surface area contributed by atoms with E-state index in [0.29, 0.717) is 17.5 Å². The van der Waals surface area contributed by atoms with Gasteiger partial charge in [-0.05, 0) is 43.0 Å². The predicted molar refractivity (Wildman–Crippen MR) is 78.7 cm³/mol. The largest absolute Gasteiger partial charge is 0.438 e. The number of anilines is 1. The molecule has 19 heavy (non-hydrogen) atoms. The van der Waals surface area contributed by atoms with Crippen molar-refractivity contribution in [1.82, 2.24) is 4.98 Å². The Morgan fingerprint density at radius 2 is 1.89 bits per heavy atom. The van der Waals surface area contributed by atoms with E-state index < -0.39 is 0 Å². The van der Waals surface area contributed by atoms with E-state index in [1.165, 1.54) is 11.1 Å². The van der Waals surface area contributed by atoms with Gasteiger partial charge in [-0.2, -0.15) is 0 Å². The molecule has 0 aliphatic carbocycles. The summed E-state index contributed by atoms with van der Waals surface area (Å²) in [6.45, 7) is 8.31. The number of benzene rings is 1. The van der Waals surface area contributed by atoms with E-state index >= 15 is 0 Å². The van der Waals surface area contributed by atoms with Gasteiger partial charge >= 0.3 is 0 Å².